The minimum absolute atomic E-state index is 0.0843. The van der Waals surface area contributed by atoms with Gasteiger partial charge in [0.25, 0.3) is 0 Å². The molecule has 3 nitrogen and oxygen atoms in total. The van der Waals surface area contributed by atoms with E-state index in [0.717, 1.165) is 11.5 Å². The fourth-order valence-electron chi connectivity index (χ4n) is 4.23. The zero-order valence-corrected chi connectivity index (χ0v) is 14.3. The first kappa shape index (κ1) is 15.5. The normalized spacial score (nSPS) is 23.0. The molecule has 0 spiro atoms. The predicted octanol–water partition coefficient (Wildman–Crippen LogP) is 3.25. The number of rotatable bonds is 4. The Labute approximate surface area is 144 Å². The molecule has 2 aromatic rings. The number of hydrogen-bond donors (Lipinski definition) is 1. The van der Waals surface area contributed by atoms with E-state index in [1.807, 2.05) is 24.3 Å². The minimum Gasteiger partial charge on any atom is -0.486 e. The highest BCUT2D eigenvalue weighted by Crippen LogP contribution is 2.36. The Morgan fingerprint density at radius 2 is 1.62 bits per heavy atom. The summed E-state index contributed by atoms with van der Waals surface area (Å²) in [7, 11) is 0. The van der Waals surface area contributed by atoms with Gasteiger partial charge in [0.1, 0.15) is 18.2 Å². The molecule has 1 aliphatic carbocycles. The van der Waals surface area contributed by atoms with Crippen LogP contribution in [0.3, 0.4) is 0 Å². The molecule has 1 fully saturated rings. The topological polar surface area (TPSA) is 35.1 Å². The molecular weight excluding hydrogens is 298 g/mol. The van der Waals surface area contributed by atoms with Crippen molar-refractivity contribution in [1.29, 1.82) is 0 Å². The largest absolute Gasteiger partial charge is 0.486 e. The van der Waals surface area contributed by atoms with Gasteiger partial charge in [-0.3, -0.25) is 0 Å². The number of para-hydroxylation sites is 2. The van der Waals surface area contributed by atoms with E-state index in [1.165, 1.54) is 31.2 Å². The molecule has 2 atom stereocenters. The van der Waals surface area contributed by atoms with Crippen LogP contribution in [-0.2, 0) is 5.54 Å². The van der Waals surface area contributed by atoms with E-state index in [-0.39, 0.29) is 11.6 Å². The van der Waals surface area contributed by atoms with Crippen molar-refractivity contribution in [2.75, 3.05) is 6.61 Å². The molecule has 0 bridgehead atoms. The highest BCUT2D eigenvalue weighted by Gasteiger charge is 2.42. The number of ether oxygens (including phenoxy) is 2. The summed E-state index contributed by atoms with van der Waals surface area (Å²) in [5.74, 6) is 1.73. The third kappa shape index (κ3) is 2.89. The van der Waals surface area contributed by atoms with Gasteiger partial charge in [0.15, 0.2) is 17.6 Å². The number of benzene rings is 2. The standard InChI is InChI=1S/C21H25NO2/c1-16(20-15-23-18-11-5-6-12-19(18)24-20)22-21(13-7-8-14-21)17-9-3-2-4-10-17/h2-6,9-12,16,20,22H,7-8,13-15H2,1H3/p+1/t16-,20-/m0/s1. The summed E-state index contributed by atoms with van der Waals surface area (Å²) in [6.45, 7) is 2.89. The Bertz CT molecular complexity index is 679. The molecule has 3 heteroatoms. The summed E-state index contributed by atoms with van der Waals surface area (Å²) in [5, 5.41) is 2.54. The van der Waals surface area contributed by atoms with Crippen LogP contribution in [0.1, 0.15) is 38.2 Å². The second-order valence-electron chi connectivity index (χ2n) is 7.17. The molecule has 1 heterocycles. The van der Waals surface area contributed by atoms with Gasteiger partial charge < -0.3 is 14.8 Å². The van der Waals surface area contributed by atoms with Crippen LogP contribution in [0.2, 0.25) is 0 Å². The van der Waals surface area contributed by atoms with Gasteiger partial charge in [0.05, 0.1) is 0 Å². The van der Waals surface area contributed by atoms with Crippen LogP contribution in [0.15, 0.2) is 54.6 Å². The van der Waals surface area contributed by atoms with Gasteiger partial charge in [-0.25, -0.2) is 0 Å². The molecule has 24 heavy (non-hydrogen) atoms. The van der Waals surface area contributed by atoms with Gasteiger partial charge in [0.2, 0.25) is 0 Å². The van der Waals surface area contributed by atoms with E-state index < -0.39 is 0 Å². The molecule has 126 valence electrons. The zero-order valence-electron chi connectivity index (χ0n) is 14.3. The summed E-state index contributed by atoms with van der Waals surface area (Å²) >= 11 is 0. The van der Waals surface area contributed by atoms with Crippen LogP contribution in [0.5, 0.6) is 11.5 Å². The summed E-state index contributed by atoms with van der Waals surface area (Å²) in [6.07, 6.45) is 5.18. The summed E-state index contributed by atoms with van der Waals surface area (Å²) in [4.78, 5) is 0. The molecule has 0 amide bonds. The third-order valence-corrected chi connectivity index (χ3v) is 5.54. The lowest BCUT2D eigenvalue weighted by Crippen LogP contribution is -3.00. The summed E-state index contributed by atoms with van der Waals surface area (Å²) in [6, 6.07) is 19.3. The number of nitrogens with two attached hydrogens (primary N) is 1. The maximum Gasteiger partial charge on any atom is 0.184 e. The highest BCUT2D eigenvalue weighted by atomic mass is 16.6. The van der Waals surface area contributed by atoms with E-state index in [4.69, 9.17) is 9.47 Å². The Morgan fingerprint density at radius 3 is 2.38 bits per heavy atom. The molecule has 0 saturated heterocycles. The number of fused-ring (bicyclic) bond motifs is 1. The van der Waals surface area contributed by atoms with E-state index >= 15 is 0 Å². The van der Waals surface area contributed by atoms with E-state index in [0.29, 0.717) is 12.6 Å². The molecule has 0 aromatic heterocycles. The zero-order chi connectivity index (χ0) is 16.4. The average Bonchev–Trinajstić information content (AvgIpc) is 3.12. The molecule has 1 aliphatic heterocycles. The summed E-state index contributed by atoms with van der Waals surface area (Å²) < 4.78 is 12.1. The van der Waals surface area contributed by atoms with Crippen molar-refractivity contribution in [3.8, 4) is 11.5 Å². The van der Waals surface area contributed by atoms with Crippen molar-refractivity contribution in [2.24, 2.45) is 0 Å². The second kappa shape index (κ2) is 6.48. The van der Waals surface area contributed by atoms with Crippen LogP contribution in [0.4, 0.5) is 0 Å². The molecule has 4 rings (SSSR count). The molecule has 2 aromatic carbocycles. The number of quaternary nitrogens is 1. The van der Waals surface area contributed by atoms with Crippen molar-refractivity contribution >= 4 is 0 Å². The smallest absolute Gasteiger partial charge is 0.184 e. The Hall–Kier alpha value is -2.00. The first-order chi connectivity index (χ1) is 11.8. The van der Waals surface area contributed by atoms with Crippen molar-refractivity contribution in [3.05, 3.63) is 60.2 Å². The first-order valence-electron chi connectivity index (χ1n) is 9.07. The molecular formula is C21H26NO2+. The highest BCUT2D eigenvalue weighted by molar-refractivity contribution is 5.40. The van der Waals surface area contributed by atoms with Crippen LogP contribution in [-0.4, -0.2) is 18.8 Å². The lowest BCUT2D eigenvalue weighted by molar-refractivity contribution is -0.767. The summed E-state index contributed by atoms with van der Waals surface area (Å²) in [5.41, 5.74) is 1.65. The first-order valence-corrected chi connectivity index (χ1v) is 9.07. The Kier molecular flexibility index (Phi) is 4.19. The average molecular weight is 324 g/mol. The van der Waals surface area contributed by atoms with Gasteiger partial charge in [-0.05, 0) is 31.9 Å². The van der Waals surface area contributed by atoms with Crippen molar-refractivity contribution < 1.29 is 14.8 Å². The van der Waals surface area contributed by atoms with Crippen LogP contribution < -0.4 is 14.8 Å². The van der Waals surface area contributed by atoms with Crippen LogP contribution in [0.25, 0.3) is 0 Å². The monoisotopic (exact) mass is 324 g/mol. The van der Waals surface area contributed by atoms with Gasteiger partial charge in [0, 0.05) is 18.4 Å². The van der Waals surface area contributed by atoms with Crippen LogP contribution >= 0.6 is 0 Å². The maximum atomic E-state index is 6.23. The van der Waals surface area contributed by atoms with Crippen molar-refractivity contribution in [3.63, 3.8) is 0 Å². The SMILES string of the molecule is C[C@H]([NH2+]C1(c2ccccc2)CCCC1)[C@@H]1COc2ccccc2O1. The fraction of sp³-hybridized carbons (Fsp3) is 0.429. The van der Waals surface area contributed by atoms with Gasteiger partial charge in [-0.1, -0.05) is 42.5 Å². The fourth-order valence-corrected chi connectivity index (χ4v) is 4.23. The van der Waals surface area contributed by atoms with Gasteiger partial charge >= 0.3 is 0 Å². The molecule has 2 aliphatic rings. The maximum absolute atomic E-state index is 6.23. The third-order valence-electron chi connectivity index (χ3n) is 5.54. The van der Waals surface area contributed by atoms with Gasteiger partial charge in [-0.2, -0.15) is 0 Å². The van der Waals surface area contributed by atoms with Gasteiger partial charge in [-0.15, -0.1) is 0 Å². The van der Waals surface area contributed by atoms with Crippen molar-refractivity contribution in [2.45, 2.75) is 50.3 Å². The van der Waals surface area contributed by atoms with E-state index in [1.54, 1.807) is 0 Å². The molecule has 2 N–H and O–H groups in total. The minimum atomic E-state index is 0.0843. The predicted molar refractivity (Wildman–Crippen MR) is 94.3 cm³/mol. The van der Waals surface area contributed by atoms with E-state index in [2.05, 4.69) is 42.6 Å². The second-order valence-corrected chi connectivity index (χ2v) is 7.17. The Morgan fingerprint density at radius 1 is 0.958 bits per heavy atom. The molecule has 0 radical (unpaired) electrons. The van der Waals surface area contributed by atoms with Crippen molar-refractivity contribution in [1.82, 2.24) is 0 Å². The molecule has 0 unspecified atom stereocenters. The van der Waals surface area contributed by atoms with E-state index in [9.17, 15) is 0 Å². The quantitative estimate of drug-likeness (QED) is 0.937. The lowest BCUT2D eigenvalue weighted by atomic mass is 9.87. The van der Waals surface area contributed by atoms with Crippen LogP contribution in [0, 0.1) is 0 Å². The molecule has 1 saturated carbocycles. The lowest BCUT2D eigenvalue weighted by Gasteiger charge is -2.35. The number of hydrogen-bond acceptors (Lipinski definition) is 2. The Balaban J connectivity index is 1.51.